The number of rotatable bonds is 79. The zero-order valence-electron chi connectivity index (χ0n) is 66.2. The largest absolute Gasteiger partial charge is 0.472 e. The summed E-state index contributed by atoms with van der Waals surface area (Å²) in [6, 6.07) is 0. The molecule has 19 heteroatoms. The molecular formula is C85H152O17P2. The second-order valence-corrected chi connectivity index (χ2v) is 31.0. The summed E-state index contributed by atoms with van der Waals surface area (Å²) < 4.78 is 68.7. The van der Waals surface area contributed by atoms with E-state index in [4.69, 9.17) is 37.0 Å². The highest BCUT2D eigenvalue weighted by molar-refractivity contribution is 7.47. The molecule has 0 fully saturated rings. The van der Waals surface area contributed by atoms with Crippen LogP contribution in [0.5, 0.6) is 0 Å². The fraction of sp³-hybridized carbons (Fsp3) is 0.788. The normalized spacial score (nSPS) is 14.3. The molecule has 0 aromatic carbocycles. The molecule has 3 N–H and O–H groups in total. The van der Waals surface area contributed by atoms with Crippen molar-refractivity contribution in [3.05, 3.63) is 85.1 Å². The lowest BCUT2D eigenvalue weighted by Gasteiger charge is -2.21. The Kier molecular flexibility index (Phi) is 74.6. The van der Waals surface area contributed by atoms with Crippen molar-refractivity contribution in [2.45, 2.75) is 393 Å². The second-order valence-electron chi connectivity index (χ2n) is 28.1. The Morgan fingerprint density at radius 3 is 0.750 bits per heavy atom. The van der Waals surface area contributed by atoms with Crippen molar-refractivity contribution in [2.24, 2.45) is 0 Å². The molecule has 104 heavy (non-hydrogen) atoms. The average molecular weight is 1510 g/mol. The lowest BCUT2D eigenvalue weighted by atomic mass is 10.1. The van der Waals surface area contributed by atoms with Crippen LogP contribution in [0.1, 0.15) is 374 Å². The number of allylic oxidation sites excluding steroid dienone is 14. The van der Waals surface area contributed by atoms with Crippen molar-refractivity contribution >= 4 is 39.5 Å². The monoisotopic (exact) mass is 1510 g/mol. The summed E-state index contributed by atoms with van der Waals surface area (Å²) in [7, 11) is -9.96. The Labute approximate surface area is 634 Å². The van der Waals surface area contributed by atoms with Gasteiger partial charge in [0, 0.05) is 25.7 Å². The summed E-state index contributed by atoms with van der Waals surface area (Å²) in [5.74, 6) is -2.20. The zero-order valence-corrected chi connectivity index (χ0v) is 68.0. The summed E-state index contributed by atoms with van der Waals surface area (Å²) in [5, 5.41) is 10.7. The van der Waals surface area contributed by atoms with E-state index in [1.807, 2.05) is 0 Å². The molecule has 0 spiro atoms. The van der Waals surface area contributed by atoms with E-state index in [1.165, 1.54) is 116 Å². The molecule has 0 aliphatic heterocycles. The maximum atomic E-state index is 13.1. The van der Waals surface area contributed by atoms with Crippen molar-refractivity contribution in [1.29, 1.82) is 0 Å². The Morgan fingerprint density at radius 2 is 0.471 bits per heavy atom. The van der Waals surface area contributed by atoms with Crippen molar-refractivity contribution in [2.75, 3.05) is 39.6 Å². The standard InChI is InChI=1S/C85H152O17P2/c1-5-9-13-17-21-25-29-33-37-38-39-40-44-46-50-54-58-62-66-70-83(88)96-76-81(102-85(90)72-68-64-60-56-52-48-43-36-32-28-24-20-16-12-8-4)78-100-104(93,94)98-74-79(86)73-97-103(91,92)99-77-80(101-84(89)71-67-63-59-55-51-47-42-35-31-27-23-19-15-11-7-3)75-95-82(87)69-65-61-57-53-49-45-41-34-30-26-22-18-14-10-6-2/h21,24-25,28,33-37,39-43,79-81,86H,5-20,22-23,26-27,29-32,38,44-78H2,1-4H3,(H,91,92)(H,93,94)/b25-21-,28-24-,37-33-,40-39-,41-34-,42-35-,43-36-. The summed E-state index contributed by atoms with van der Waals surface area (Å²) in [6.45, 7) is 4.83. The number of carbonyl (C=O) groups excluding carboxylic acids is 4. The van der Waals surface area contributed by atoms with Crippen molar-refractivity contribution < 1.29 is 80.2 Å². The van der Waals surface area contributed by atoms with E-state index in [0.717, 1.165) is 180 Å². The van der Waals surface area contributed by atoms with Gasteiger partial charge in [0.1, 0.15) is 19.3 Å². The Hall–Kier alpha value is -3.76. The predicted octanol–water partition coefficient (Wildman–Crippen LogP) is 24.6. The van der Waals surface area contributed by atoms with E-state index >= 15 is 0 Å². The van der Waals surface area contributed by atoms with Crippen LogP contribution in [0.3, 0.4) is 0 Å². The first-order chi connectivity index (χ1) is 50.7. The first-order valence-electron chi connectivity index (χ1n) is 41.8. The third-order valence-corrected chi connectivity index (χ3v) is 19.7. The first-order valence-corrected chi connectivity index (χ1v) is 44.8. The molecule has 0 aliphatic carbocycles. The molecular weight excluding hydrogens is 1350 g/mol. The lowest BCUT2D eigenvalue weighted by molar-refractivity contribution is -0.161. The van der Waals surface area contributed by atoms with Gasteiger partial charge in [0.05, 0.1) is 26.4 Å². The number of ether oxygens (including phenoxy) is 4. The maximum Gasteiger partial charge on any atom is 0.472 e. The molecule has 0 saturated carbocycles. The zero-order chi connectivity index (χ0) is 76.0. The first kappa shape index (κ1) is 100. The van der Waals surface area contributed by atoms with E-state index in [-0.39, 0.29) is 25.7 Å². The predicted molar refractivity (Wildman–Crippen MR) is 427 cm³/mol. The quantitative estimate of drug-likeness (QED) is 0.0169. The molecule has 5 atom stereocenters. The van der Waals surface area contributed by atoms with E-state index in [9.17, 15) is 43.2 Å². The second kappa shape index (κ2) is 77.4. The van der Waals surface area contributed by atoms with Crippen LogP contribution in [0.4, 0.5) is 0 Å². The van der Waals surface area contributed by atoms with Crippen LogP contribution in [-0.4, -0.2) is 96.7 Å². The number of phosphoric acid groups is 2. The van der Waals surface area contributed by atoms with Gasteiger partial charge in [-0.2, -0.15) is 0 Å². The number of carbonyl (C=O) groups is 4. The fourth-order valence-corrected chi connectivity index (χ4v) is 12.9. The van der Waals surface area contributed by atoms with Gasteiger partial charge in [-0.05, 0) is 148 Å². The molecule has 5 unspecified atom stereocenters. The van der Waals surface area contributed by atoms with Crippen molar-refractivity contribution in [3.63, 3.8) is 0 Å². The van der Waals surface area contributed by atoms with Gasteiger partial charge < -0.3 is 33.8 Å². The third kappa shape index (κ3) is 76.4. The topological polar surface area (TPSA) is 237 Å². The van der Waals surface area contributed by atoms with E-state index in [2.05, 4.69) is 113 Å². The number of hydrogen-bond acceptors (Lipinski definition) is 15. The van der Waals surface area contributed by atoms with Gasteiger partial charge in [-0.1, -0.05) is 286 Å². The van der Waals surface area contributed by atoms with Gasteiger partial charge in [-0.3, -0.25) is 37.3 Å². The number of phosphoric ester groups is 2. The van der Waals surface area contributed by atoms with E-state index in [1.54, 1.807) is 0 Å². The van der Waals surface area contributed by atoms with Crippen LogP contribution in [0.25, 0.3) is 0 Å². The summed E-state index contributed by atoms with van der Waals surface area (Å²) in [6.07, 6.45) is 81.1. The number of hydrogen-bond donors (Lipinski definition) is 3. The summed E-state index contributed by atoms with van der Waals surface area (Å²) >= 11 is 0. The minimum atomic E-state index is -4.98. The van der Waals surface area contributed by atoms with E-state index < -0.39 is 97.5 Å². The highest BCUT2D eigenvalue weighted by atomic mass is 31.2. The smallest absolute Gasteiger partial charge is 0.462 e. The molecule has 0 aromatic heterocycles. The molecule has 0 rings (SSSR count). The van der Waals surface area contributed by atoms with Crippen molar-refractivity contribution in [1.82, 2.24) is 0 Å². The van der Waals surface area contributed by atoms with Crippen LogP contribution in [-0.2, 0) is 65.4 Å². The molecule has 0 aliphatic rings. The molecule has 604 valence electrons. The fourth-order valence-electron chi connectivity index (χ4n) is 11.4. The summed E-state index contributed by atoms with van der Waals surface area (Å²) in [4.78, 5) is 73.1. The molecule has 0 saturated heterocycles. The molecule has 0 bridgehead atoms. The maximum absolute atomic E-state index is 13.1. The van der Waals surface area contributed by atoms with Crippen molar-refractivity contribution in [3.8, 4) is 0 Å². The Balaban J connectivity index is 5.37. The van der Waals surface area contributed by atoms with Crippen LogP contribution < -0.4 is 0 Å². The van der Waals surface area contributed by atoms with Crippen LogP contribution >= 0.6 is 15.6 Å². The highest BCUT2D eigenvalue weighted by Crippen LogP contribution is 2.45. The average Bonchev–Trinajstić information content (AvgIpc) is 0.918. The van der Waals surface area contributed by atoms with Gasteiger partial charge in [0.25, 0.3) is 0 Å². The number of unbranched alkanes of at least 4 members (excludes halogenated alkanes) is 39. The van der Waals surface area contributed by atoms with Gasteiger partial charge >= 0.3 is 39.5 Å². The van der Waals surface area contributed by atoms with E-state index in [0.29, 0.717) is 25.7 Å². The Bertz CT molecular complexity index is 2300. The van der Waals surface area contributed by atoms with Crippen LogP contribution in [0, 0.1) is 0 Å². The number of esters is 4. The molecule has 0 radical (unpaired) electrons. The van der Waals surface area contributed by atoms with Gasteiger partial charge in [0.2, 0.25) is 0 Å². The minimum Gasteiger partial charge on any atom is -0.462 e. The Morgan fingerprint density at radius 1 is 0.269 bits per heavy atom. The van der Waals surface area contributed by atoms with Gasteiger partial charge in [-0.25, -0.2) is 9.13 Å². The molecule has 0 amide bonds. The summed E-state index contributed by atoms with van der Waals surface area (Å²) in [5.41, 5.74) is 0. The number of aliphatic hydroxyl groups is 1. The lowest BCUT2D eigenvalue weighted by Crippen LogP contribution is -2.30. The SMILES string of the molecule is CCCCC/C=C\C/C=C\C/C=C\CCCCCCCCC(=O)OCC(COP(=O)(O)OCC(O)COP(=O)(O)OCC(COC(=O)CCCCCCC/C=C\CCCCCCCC)OC(=O)CCCCCCC/C=C\CCCCCCCC)OC(=O)CCCCCCC/C=C\C/C=C\CCCCC. The van der Waals surface area contributed by atoms with Gasteiger partial charge in [-0.15, -0.1) is 0 Å². The third-order valence-electron chi connectivity index (χ3n) is 17.8. The highest BCUT2D eigenvalue weighted by Gasteiger charge is 2.30. The van der Waals surface area contributed by atoms with Crippen LogP contribution in [0.2, 0.25) is 0 Å². The molecule has 0 aromatic rings. The minimum absolute atomic E-state index is 0.0769. The number of aliphatic hydroxyl groups excluding tert-OH is 1. The van der Waals surface area contributed by atoms with Crippen LogP contribution in [0.15, 0.2) is 85.1 Å². The molecule has 0 heterocycles. The van der Waals surface area contributed by atoms with Gasteiger partial charge in [0.15, 0.2) is 12.2 Å². The molecule has 17 nitrogen and oxygen atoms in total.